The van der Waals surface area contributed by atoms with Gasteiger partial charge >= 0.3 is 5.97 Å². The Labute approximate surface area is 91.7 Å². The van der Waals surface area contributed by atoms with Crippen LogP contribution in [0.5, 0.6) is 0 Å². The van der Waals surface area contributed by atoms with E-state index in [0.29, 0.717) is 13.0 Å². The second-order valence-corrected chi connectivity index (χ2v) is 3.66. The van der Waals surface area contributed by atoms with Crippen molar-refractivity contribution in [3.05, 3.63) is 24.3 Å². The highest BCUT2D eigenvalue weighted by Gasteiger charge is 2.49. The Morgan fingerprint density at radius 3 is 2.75 bits per heavy atom. The van der Waals surface area contributed by atoms with Crippen LogP contribution in [0.25, 0.3) is 0 Å². The summed E-state index contributed by atoms with van der Waals surface area (Å²) in [5.74, 6) is -1.67. The first-order valence-corrected chi connectivity index (χ1v) is 4.96. The van der Waals surface area contributed by atoms with E-state index in [2.05, 4.69) is 15.3 Å². The van der Waals surface area contributed by atoms with Crippen molar-refractivity contribution in [3.8, 4) is 0 Å². The highest BCUT2D eigenvalue weighted by Crippen LogP contribution is 2.23. The number of hydrogen-bond acceptors (Lipinski definition) is 5. The molecule has 6 nitrogen and oxygen atoms in total. The standard InChI is InChI=1S/C10H11N3O3/c14-8(7-6-11-4-5-12-7)10(9(15)16)2-1-3-13-10/h4-6,13H,1-3H2,(H,15,16)/t10-/m1/s1. The van der Waals surface area contributed by atoms with E-state index < -0.39 is 17.3 Å². The quantitative estimate of drug-likeness (QED) is 0.545. The van der Waals surface area contributed by atoms with Crippen molar-refractivity contribution in [2.45, 2.75) is 18.4 Å². The number of ketones is 1. The molecule has 1 saturated heterocycles. The summed E-state index contributed by atoms with van der Waals surface area (Å²) in [6, 6.07) is 0. The molecule has 0 aliphatic carbocycles. The van der Waals surface area contributed by atoms with E-state index in [9.17, 15) is 9.59 Å². The molecule has 0 saturated carbocycles. The van der Waals surface area contributed by atoms with Crippen LogP contribution >= 0.6 is 0 Å². The molecule has 2 rings (SSSR count). The van der Waals surface area contributed by atoms with Crippen molar-refractivity contribution in [2.75, 3.05) is 6.54 Å². The van der Waals surface area contributed by atoms with Crippen LogP contribution in [-0.2, 0) is 4.79 Å². The van der Waals surface area contributed by atoms with Gasteiger partial charge in [-0.15, -0.1) is 0 Å². The van der Waals surface area contributed by atoms with E-state index in [1.54, 1.807) is 0 Å². The van der Waals surface area contributed by atoms with Gasteiger partial charge in [-0.2, -0.15) is 0 Å². The molecule has 1 aromatic heterocycles. The van der Waals surface area contributed by atoms with Crippen LogP contribution in [0.2, 0.25) is 0 Å². The van der Waals surface area contributed by atoms with Gasteiger partial charge in [0.05, 0.1) is 6.20 Å². The maximum absolute atomic E-state index is 12.1. The number of aliphatic carboxylic acids is 1. The van der Waals surface area contributed by atoms with Crippen molar-refractivity contribution < 1.29 is 14.7 Å². The van der Waals surface area contributed by atoms with Gasteiger partial charge in [0.25, 0.3) is 0 Å². The van der Waals surface area contributed by atoms with Crippen molar-refractivity contribution in [3.63, 3.8) is 0 Å². The van der Waals surface area contributed by atoms with Gasteiger partial charge in [-0.05, 0) is 19.4 Å². The lowest BCUT2D eigenvalue weighted by Gasteiger charge is -2.21. The molecule has 0 spiro atoms. The zero-order valence-corrected chi connectivity index (χ0v) is 8.51. The third kappa shape index (κ3) is 1.57. The summed E-state index contributed by atoms with van der Waals surface area (Å²) in [5.41, 5.74) is -1.44. The van der Waals surface area contributed by atoms with E-state index >= 15 is 0 Å². The van der Waals surface area contributed by atoms with E-state index in [1.165, 1.54) is 18.6 Å². The van der Waals surface area contributed by atoms with Crippen molar-refractivity contribution in [1.82, 2.24) is 15.3 Å². The third-order valence-corrected chi connectivity index (χ3v) is 2.70. The molecule has 16 heavy (non-hydrogen) atoms. The Bertz CT molecular complexity index is 413. The molecule has 0 amide bonds. The normalized spacial score (nSPS) is 24.2. The average molecular weight is 221 g/mol. The Morgan fingerprint density at radius 1 is 1.44 bits per heavy atom. The summed E-state index contributed by atoms with van der Waals surface area (Å²) < 4.78 is 0. The SMILES string of the molecule is O=C(O)[C@]1(C(=O)c2cnccn2)CCCN1. The van der Waals surface area contributed by atoms with E-state index in [-0.39, 0.29) is 12.1 Å². The molecule has 1 fully saturated rings. The van der Waals surface area contributed by atoms with Crippen LogP contribution in [0, 0.1) is 0 Å². The maximum atomic E-state index is 12.1. The molecular weight excluding hydrogens is 210 g/mol. The highest BCUT2D eigenvalue weighted by atomic mass is 16.4. The van der Waals surface area contributed by atoms with Crippen LogP contribution in [0.4, 0.5) is 0 Å². The lowest BCUT2D eigenvalue weighted by Crippen LogP contribution is -2.54. The monoisotopic (exact) mass is 221 g/mol. The van der Waals surface area contributed by atoms with Gasteiger partial charge in [-0.25, -0.2) is 9.78 Å². The smallest absolute Gasteiger partial charge is 0.332 e. The molecule has 2 N–H and O–H groups in total. The molecule has 1 aliphatic rings. The first-order valence-electron chi connectivity index (χ1n) is 4.96. The summed E-state index contributed by atoms with van der Waals surface area (Å²) in [7, 11) is 0. The first-order chi connectivity index (χ1) is 7.67. The lowest BCUT2D eigenvalue weighted by atomic mass is 9.90. The number of hydrogen-bond donors (Lipinski definition) is 2. The van der Waals surface area contributed by atoms with Gasteiger partial charge in [0.1, 0.15) is 5.69 Å². The predicted octanol–water partition coefficient (Wildman–Crippen LogP) is -0.134. The zero-order chi connectivity index (χ0) is 11.6. The molecule has 0 unspecified atom stereocenters. The van der Waals surface area contributed by atoms with Gasteiger partial charge in [0, 0.05) is 12.4 Å². The number of nitrogens with one attached hydrogen (secondary N) is 1. The number of carbonyl (C=O) groups is 2. The molecular formula is C10H11N3O3. The molecule has 0 bridgehead atoms. The summed E-state index contributed by atoms with van der Waals surface area (Å²) in [5, 5.41) is 11.9. The highest BCUT2D eigenvalue weighted by molar-refractivity contribution is 6.15. The molecule has 0 radical (unpaired) electrons. The summed E-state index contributed by atoms with van der Waals surface area (Å²) in [4.78, 5) is 30.9. The molecule has 1 aromatic rings. The van der Waals surface area contributed by atoms with Gasteiger partial charge < -0.3 is 5.11 Å². The second kappa shape index (κ2) is 3.97. The summed E-state index contributed by atoms with van der Waals surface area (Å²) in [6.07, 6.45) is 5.05. The van der Waals surface area contributed by atoms with Gasteiger partial charge in [-0.1, -0.05) is 0 Å². The Morgan fingerprint density at radius 2 is 2.25 bits per heavy atom. The summed E-state index contributed by atoms with van der Waals surface area (Å²) in [6.45, 7) is 0.526. The third-order valence-electron chi connectivity index (χ3n) is 2.70. The van der Waals surface area contributed by atoms with Gasteiger partial charge in [-0.3, -0.25) is 15.1 Å². The lowest BCUT2D eigenvalue weighted by molar-refractivity contribution is -0.142. The minimum Gasteiger partial charge on any atom is -0.480 e. The topological polar surface area (TPSA) is 92.2 Å². The van der Waals surface area contributed by atoms with Crippen LogP contribution in [-0.4, -0.2) is 38.9 Å². The van der Waals surface area contributed by atoms with Crippen molar-refractivity contribution >= 4 is 11.8 Å². The fraction of sp³-hybridized carbons (Fsp3) is 0.400. The van der Waals surface area contributed by atoms with Gasteiger partial charge in [0.15, 0.2) is 5.54 Å². The molecule has 6 heteroatoms. The van der Waals surface area contributed by atoms with E-state index in [1.807, 2.05) is 0 Å². The molecule has 0 aromatic carbocycles. The fourth-order valence-corrected chi connectivity index (χ4v) is 1.85. The number of carboxylic acid groups (broad SMARTS) is 1. The molecule has 2 heterocycles. The maximum Gasteiger partial charge on any atom is 0.332 e. The van der Waals surface area contributed by atoms with Gasteiger partial charge in [0.2, 0.25) is 5.78 Å². The number of aromatic nitrogens is 2. The second-order valence-electron chi connectivity index (χ2n) is 3.66. The van der Waals surface area contributed by atoms with E-state index in [0.717, 1.165) is 0 Å². The zero-order valence-electron chi connectivity index (χ0n) is 8.51. The van der Waals surface area contributed by atoms with Crippen LogP contribution in [0.3, 0.4) is 0 Å². The van der Waals surface area contributed by atoms with E-state index in [4.69, 9.17) is 5.11 Å². The molecule has 1 aliphatic heterocycles. The van der Waals surface area contributed by atoms with Crippen LogP contribution < -0.4 is 5.32 Å². The number of carbonyl (C=O) groups excluding carboxylic acids is 1. The predicted molar refractivity (Wildman–Crippen MR) is 54.0 cm³/mol. The molecule has 1 atom stereocenters. The Balaban J connectivity index is 2.36. The first kappa shape index (κ1) is 10.7. The molecule has 84 valence electrons. The Kier molecular flexibility index (Phi) is 2.66. The average Bonchev–Trinajstić information content (AvgIpc) is 2.79. The van der Waals surface area contributed by atoms with Crippen molar-refractivity contribution in [1.29, 1.82) is 0 Å². The van der Waals surface area contributed by atoms with Crippen LogP contribution in [0.1, 0.15) is 23.3 Å². The number of Topliss-reactive ketones (excluding diaryl/α,β-unsaturated/α-hetero) is 1. The fourth-order valence-electron chi connectivity index (χ4n) is 1.85. The minimum absolute atomic E-state index is 0.0827. The summed E-state index contributed by atoms with van der Waals surface area (Å²) >= 11 is 0. The number of nitrogens with zero attached hydrogens (tertiary/aromatic N) is 2. The minimum atomic E-state index is -1.52. The Hall–Kier alpha value is -1.82. The van der Waals surface area contributed by atoms with Crippen LogP contribution in [0.15, 0.2) is 18.6 Å². The number of rotatable bonds is 3. The largest absolute Gasteiger partial charge is 0.480 e. The number of carboxylic acids is 1. The van der Waals surface area contributed by atoms with Crippen molar-refractivity contribution in [2.24, 2.45) is 0 Å².